The molecule has 1 fully saturated rings. The second-order valence-corrected chi connectivity index (χ2v) is 8.01. The van der Waals surface area contributed by atoms with E-state index in [2.05, 4.69) is 15.8 Å². The Labute approximate surface area is 185 Å². The molecule has 0 saturated heterocycles. The number of benzene rings is 2. The predicted octanol–water partition coefficient (Wildman–Crippen LogP) is 5.34. The molecule has 0 radical (unpaired) electrons. The summed E-state index contributed by atoms with van der Waals surface area (Å²) in [6, 6.07) is 12.0. The van der Waals surface area contributed by atoms with Crippen molar-refractivity contribution >= 4 is 52.7 Å². The molecule has 0 amide bonds. The first kappa shape index (κ1) is 21.6. The lowest BCUT2D eigenvalue weighted by Crippen LogP contribution is -2.40. The summed E-state index contributed by atoms with van der Waals surface area (Å²) in [7, 11) is 0. The fourth-order valence-electron chi connectivity index (χ4n) is 3.07. The number of halogens is 2. The van der Waals surface area contributed by atoms with Crippen molar-refractivity contribution in [2.45, 2.75) is 38.1 Å². The van der Waals surface area contributed by atoms with Gasteiger partial charge in [-0.25, -0.2) is 4.79 Å². The van der Waals surface area contributed by atoms with Crippen LogP contribution >= 0.6 is 35.4 Å². The molecule has 0 aliphatic heterocycles. The Morgan fingerprint density at radius 1 is 1.10 bits per heavy atom. The Morgan fingerprint density at radius 2 is 1.83 bits per heavy atom. The SMILES string of the molecule is O=C(Oc1ccc(/C=N/NC(=S)NC2CCCCC2)cc1)c1ccc(Cl)cc1Cl. The molecule has 0 unspecified atom stereocenters. The predicted molar refractivity (Wildman–Crippen MR) is 121 cm³/mol. The summed E-state index contributed by atoms with van der Waals surface area (Å²) >= 11 is 17.1. The maximum Gasteiger partial charge on any atom is 0.345 e. The Bertz CT molecular complexity index is 897. The number of thiocarbonyl (C=S) groups is 1. The quantitative estimate of drug-likeness (QED) is 0.212. The lowest BCUT2D eigenvalue weighted by atomic mass is 9.96. The molecular formula is C21H21Cl2N3O2S. The first-order valence-corrected chi connectivity index (χ1v) is 10.5. The number of hydrazone groups is 1. The number of nitrogens with zero attached hydrogens (tertiary/aromatic N) is 1. The van der Waals surface area contributed by atoms with Gasteiger partial charge >= 0.3 is 5.97 Å². The van der Waals surface area contributed by atoms with Crippen LogP contribution in [0.15, 0.2) is 47.6 Å². The van der Waals surface area contributed by atoms with Crippen molar-refractivity contribution < 1.29 is 9.53 Å². The van der Waals surface area contributed by atoms with Crippen LogP contribution < -0.4 is 15.5 Å². The zero-order valence-electron chi connectivity index (χ0n) is 15.7. The van der Waals surface area contributed by atoms with E-state index in [1.807, 2.05) is 0 Å². The fraction of sp³-hybridized carbons (Fsp3) is 0.286. The normalized spacial score (nSPS) is 14.6. The van der Waals surface area contributed by atoms with E-state index >= 15 is 0 Å². The summed E-state index contributed by atoms with van der Waals surface area (Å²) < 4.78 is 5.35. The Kier molecular flexibility index (Phi) is 7.86. The average Bonchev–Trinajstić information content (AvgIpc) is 2.70. The molecule has 2 N–H and O–H groups in total. The molecule has 0 aromatic heterocycles. The summed E-state index contributed by atoms with van der Waals surface area (Å²) in [5, 5.41) is 8.67. The summed E-state index contributed by atoms with van der Waals surface area (Å²) in [5.41, 5.74) is 3.93. The lowest BCUT2D eigenvalue weighted by molar-refractivity contribution is 0.0735. The van der Waals surface area contributed by atoms with Gasteiger partial charge in [0.2, 0.25) is 0 Å². The Morgan fingerprint density at radius 3 is 2.52 bits per heavy atom. The first-order valence-electron chi connectivity index (χ1n) is 9.38. The van der Waals surface area contributed by atoms with Gasteiger partial charge in [0.15, 0.2) is 5.11 Å². The van der Waals surface area contributed by atoms with Crippen molar-refractivity contribution in [3.63, 3.8) is 0 Å². The van der Waals surface area contributed by atoms with Crippen LogP contribution in [0.1, 0.15) is 48.0 Å². The number of esters is 1. The molecule has 29 heavy (non-hydrogen) atoms. The summed E-state index contributed by atoms with van der Waals surface area (Å²) in [5.74, 6) is -0.144. The molecule has 3 rings (SSSR count). The van der Waals surface area contributed by atoms with Gasteiger partial charge in [0.25, 0.3) is 0 Å². The van der Waals surface area contributed by atoms with Crippen LogP contribution in [0.25, 0.3) is 0 Å². The van der Waals surface area contributed by atoms with Gasteiger partial charge < -0.3 is 10.1 Å². The van der Waals surface area contributed by atoms with E-state index in [9.17, 15) is 4.79 Å². The van der Waals surface area contributed by atoms with Gasteiger partial charge in [-0.05, 0) is 73.1 Å². The lowest BCUT2D eigenvalue weighted by Gasteiger charge is -2.23. The van der Waals surface area contributed by atoms with Crippen LogP contribution in [0.5, 0.6) is 5.75 Å². The maximum atomic E-state index is 12.2. The third-order valence-corrected chi connectivity index (χ3v) is 5.32. The highest BCUT2D eigenvalue weighted by Crippen LogP contribution is 2.23. The smallest absolute Gasteiger partial charge is 0.345 e. The minimum atomic E-state index is -0.547. The zero-order valence-corrected chi connectivity index (χ0v) is 18.0. The number of nitrogens with one attached hydrogen (secondary N) is 2. The Balaban J connectivity index is 1.49. The van der Waals surface area contributed by atoms with Crippen molar-refractivity contribution in [2.75, 3.05) is 0 Å². The Hall–Kier alpha value is -2.15. The number of rotatable bonds is 5. The third-order valence-electron chi connectivity index (χ3n) is 4.56. The maximum absolute atomic E-state index is 12.2. The molecule has 8 heteroatoms. The number of carbonyl (C=O) groups excluding carboxylic acids is 1. The van der Waals surface area contributed by atoms with Crippen LogP contribution in [-0.2, 0) is 0 Å². The van der Waals surface area contributed by atoms with E-state index in [4.69, 9.17) is 40.2 Å². The number of ether oxygens (including phenoxy) is 1. The van der Waals surface area contributed by atoms with E-state index in [-0.39, 0.29) is 10.6 Å². The summed E-state index contributed by atoms with van der Waals surface area (Å²) in [6.45, 7) is 0. The van der Waals surface area contributed by atoms with Crippen molar-refractivity contribution in [2.24, 2.45) is 5.10 Å². The van der Waals surface area contributed by atoms with E-state index in [1.54, 1.807) is 36.5 Å². The second-order valence-electron chi connectivity index (χ2n) is 6.76. The minimum Gasteiger partial charge on any atom is -0.423 e. The van der Waals surface area contributed by atoms with Crippen molar-refractivity contribution in [3.8, 4) is 5.75 Å². The standard InChI is InChI=1S/C21H21Cl2N3O2S/c22-15-8-11-18(19(23)12-15)20(27)28-17-9-6-14(7-10-17)13-24-26-21(29)25-16-4-2-1-3-5-16/h6-13,16H,1-5H2,(H2,25,26,29)/b24-13+. The summed E-state index contributed by atoms with van der Waals surface area (Å²) in [6.07, 6.45) is 7.72. The average molecular weight is 450 g/mol. The molecule has 2 aromatic carbocycles. The molecule has 1 aliphatic rings. The highest BCUT2D eigenvalue weighted by molar-refractivity contribution is 7.80. The second kappa shape index (κ2) is 10.6. The molecule has 0 heterocycles. The van der Waals surface area contributed by atoms with Gasteiger partial charge in [-0.15, -0.1) is 0 Å². The van der Waals surface area contributed by atoms with Gasteiger partial charge in [0.05, 0.1) is 16.8 Å². The monoisotopic (exact) mass is 449 g/mol. The molecule has 1 aliphatic carbocycles. The van der Waals surface area contributed by atoms with Crippen LogP contribution in [0.2, 0.25) is 10.0 Å². The molecule has 0 atom stereocenters. The van der Waals surface area contributed by atoms with Gasteiger partial charge in [-0.1, -0.05) is 42.5 Å². The molecule has 152 valence electrons. The van der Waals surface area contributed by atoms with Crippen LogP contribution in [0.4, 0.5) is 0 Å². The molecule has 5 nitrogen and oxygen atoms in total. The third kappa shape index (κ3) is 6.70. The van der Waals surface area contributed by atoms with Crippen molar-refractivity contribution in [3.05, 3.63) is 63.6 Å². The van der Waals surface area contributed by atoms with Gasteiger partial charge in [0.1, 0.15) is 5.75 Å². The number of hydrogen-bond acceptors (Lipinski definition) is 4. The molecule has 0 bridgehead atoms. The number of carbonyl (C=O) groups is 1. The first-order chi connectivity index (χ1) is 14.0. The van der Waals surface area contributed by atoms with Crippen LogP contribution in [-0.4, -0.2) is 23.3 Å². The number of hydrogen-bond donors (Lipinski definition) is 2. The minimum absolute atomic E-state index is 0.245. The van der Waals surface area contributed by atoms with E-state index in [0.717, 1.165) is 18.4 Å². The van der Waals surface area contributed by atoms with E-state index < -0.39 is 5.97 Å². The molecule has 2 aromatic rings. The largest absolute Gasteiger partial charge is 0.423 e. The van der Waals surface area contributed by atoms with E-state index in [1.165, 1.54) is 31.4 Å². The topological polar surface area (TPSA) is 62.7 Å². The molecular weight excluding hydrogens is 429 g/mol. The van der Waals surface area contributed by atoms with Gasteiger partial charge in [0, 0.05) is 11.1 Å². The molecule has 0 spiro atoms. The van der Waals surface area contributed by atoms with Gasteiger partial charge in [-0.2, -0.15) is 5.10 Å². The van der Waals surface area contributed by atoms with Crippen LogP contribution in [0, 0.1) is 0 Å². The van der Waals surface area contributed by atoms with Crippen molar-refractivity contribution in [1.29, 1.82) is 0 Å². The van der Waals surface area contributed by atoms with E-state index in [0.29, 0.717) is 21.9 Å². The highest BCUT2D eigenvalue weighted by atomic mass is 35.5. The fourth-order valence-corrected chi connectivity index (χ4v) is 3.77. The zero-order chi connectivity index (χ0) is 20.6. The van der Waals surface area contributed by atoms with Crippen molar-refractivity contribution in [1.82, 2.24) is 10.7 Å². The molecule has 1 saturated carbocycles. The highest BCUT2D eigenvalue weighted by Gasteiger charge is 2.14. The summed E-state index contributed by atoms with van der Waals surface area (Å²) in [4.78, 5) is 12.2. The van der Waals surface area contributed by atoms with Gasteiger partial charge in [-0.3, -0.25) is 5.43 Å². The van der Waals surface area contributed by atoms with Crippen LogP contribution in [0.3, 0.4) is 0 Å².